The summed E-state index contributed by atoms with van der Waals surface area (Å²) in [6, 6.07) is 0. The Morgan fingerprint density at radius 1 is 1.56 bits per heavy atom. The third-order valence-corrected chi connectivity index (χ3v) is 5.25. The van der Waals surface area contributed by atoms with Crippen LogP contribution in [-0.4, -0.2) is 36.2 Å². The van der Waals surface area contributed by atoms with E-state index in [0.717, 1.165) is 19.3 Å². The molecule has 1 rings (SSSR count). The SMILES string of the molecule is CCOC(=O)C1(NC)CCCC(SCC(C)C)C1. The van der Waals surface area contributed by atoms with E-state index >= 15 is 0 Å². The van der Waals surface area contributed by atoms with Crippen LogP contribution >= 0.6 is 11.8 Å². The Hall–Kier alpha value is -0.220. The van der Waals surface area contributed by atoms with E-state index in [0.29, 0.717) is 17.8 Å². The molecular formula is C14H27NO2S. The molecule has 1 saturated carbocycles. The molecule has 2 unspecified atom stereocenters. The Morgan fingerprint density at radius 2 is 2.28 bits per heavy atom. The molecule has 1 N–H and O–H groups in total. The molecule has 0 amide bonds. The highest BCUT2D eigenvalue weighted by Gasteiger charge is 2.42. The molecule has 0 radical (unpaired) electrons. The van der Waals surface area contributed by atoms with Gasteiger partial charge >= 0.3 is 5.97 Å². The van der Waals surface area contributed by atoms with Crippen LogP contribution in [0.1, 0.15) is 46.5 Å². The van der Waals surface area contributed by atoms with Crippen molar-refractivity contribution in [3.63, 3.8) is 0 Å². The quantitative estimate of drug-likeness (QED) is 0.755. The molecule has 0 spiro atoms. The second kappa shape index (κ2) is 7.39. The number of ether oxygens (including phenoxy) is 1. The minimum absolute atomic E-state index is 0.0673. The second-order valence-electron chi connectivity index (χ2n) is 5.50. The molecule has 0 aromatic carbocycles. The van der Waals surface area contributed by atoms with E-state index < -0.39 is 5.54 Å². The number of nitrogens with one attached hydrogen (secondary N) is 1. The highest BCUT2D eigenvalue weighted by Crippen LogP contribution is 2.36. The number of thioether (sulfide) groups is 1. The van der Waals surface area contributed by atoms with Crippen LogP contribution in [0.2, 0.25) is 0 Å². The van der Waals surface area contributed by atoms with Gasteiger partial charge in [-0.1, -0.05) is 13.8 Å². The van der Waals surface area contributed by atoms with E-state index in [4.69, 9.17) is 4.74 Å². The molecule has 18 heavy (non-hydrogen) atoms. The average Bonchev–Trinajstić information content (AvgIpc) is 2.36. The van der Waals surface area contributed by atoms with Crippen molar-refractivity contribution in [3.05, 3.63) is 0 Å². The van der Waals surface area contributed by atoms with Gasteiger partial charge in [0.05, 0.1) is 6.61 Å². The number of rotatable bonds is 6. The molecule has 1 fully saturated rings. The second-order valence-corrected chi connectivity index (χ2v) is 6.83. The van der Waals surface area contributed by atoms with Gasteiger partial charge in [0.25, 0.3) is 0 Å². The van der Waals surface area contributed by atoms with Crippen LogP contribution in [0.25, 0.3) is 0 Å². The standard InChI is InChI=1S/C14H27NO2S/c1-5-17-13(16)14(15-4)8-6-7-12(9-14)18-10-11(2)3/h11-12,15H,5-10H2,1-4H3. The van der Waals surface area contributed by atoms with E-state index in [-0.39, 0.29) is 5.97 Å². The predicted molar refractivity (Wildman–Crippen MR) is 78.0 cm³/mol. The van der Waals surface area contributed by atoms with Crippen LogP contribution in [0.3, 0.4) is 0 Å². The lowest BCUT2D eigenvalue weighted by Crippen LogP contribution is -2.54. The van der Waals surface area contributed by atoms with Crippen molar-refractivity contribution < 1.29 is 9.53 Å². The van der Waals surface area contributed by atoms with Gasteiger partial charge in [0, 0.05) is 5.25 Å². The molecular weight excluding hydrogens is 246 g/mol. The summed E-state index contributed by atoms with van der Waals surface area (Å²) in [7, 11) is 1.88. The van der Waals surface area contributed by atoms with Gasteiger partial charge in [-0.05, 0) is 51.3 Å². The maximum atomic E-state index is 12.1. The molecule has 0 aromatic rings. The Kier molecular flexibility index (Phi) is 6.50. The van der Waals surface area contributed by atoms with Crippen molar-refractivity contribution in [2.45, 2.75) is 57.2 Å². The molecule has 3 nitrogen and oxygen atoms in total. The number of hydrogen-bond acceptors (Lipinski definition) is 4. The predicted octanol–water partition coefficient (Wildman–Crippen LogP) is 2.84. The summed E-state index contributed by atoms with van der Waals surface area (Å²) < 4.78 is 5.24. The van der Waals surface area contributed by atoms with Crippen LogP contribution in [-0.2, 0) is 9.53 Å². The van der Waals surface area contributed by atoms with Crippen molar-refractivity contribution in [1.82, 2.24) is 5.32 Å². The largest absolute Gasteiger partial charge is 0.465 e. The van der Waals surface area contributed by atoms with Crippen LogP contribution < -0.4 is 5.32 Å². The summed E-state index contributed by atoms with van der Waals surface area (Å²) >= 11 is 2.01. The van der Waals surface area contributed by atoms with E-state index in [9.17, 15) is 4.79 Å². The van der Waals surface area contributed by atoms with Gasteiger partial charge < -0.3 is 10.1 Å². The van der Waals surface area contributed by atoms with Crippen molar-refractivity contribution in [2.24, 2.45) is 5.92 Å². The van der Waals surface area contributed by atoms with Gasteiger partial charge in [-0.3, -0.25) is 4.79 Å². The van der Waals surface area contributed by atoms with Crippen LogP contribution in [0, 0.1) is 5.92 Å². The topological polar surface area (TPSA) is 38.3 Å². The minimum Gasteiger partial charge on any atom is -0.465 e. The number of carbonyl (C=O) groups excluding carboxylic acids is 1. The summed E-state index contributed by atoms with van der Waals surface area (Å²) in [5, 5.41) is 3.81. The Labute approximate surface area is 115 Å². The van der Waals surface area contributed by atoms with Crippen LogP contribution in [0.15, 0.2) is 0 Å². The maximum absolute atomic E-state index is 12.1. The van der Waals surface area contributed by atoms with Crippen LogP contribution in [0.4, 0.5) is 0 Å². The zero-order valence-electron chi connectivity index (χ0n) is 12.1. The third-order valence-electron chi connectivity index (χ3n) is 3.52. The fourth-order valence-electron chi connectivity index (χ4n) is 2.48. The Balaban J connectivity index is 2.60. The van der Waals surface area contributed by atoms with Gasteiger partial charge in [0.1, 0.15) is 5.54 Å². The highest BCUT2D eigenvalue weighted by atomic mass is 32.2. The molecule has 0 bridgehead atoms. The lowest BCUT2D eigenvalue weighted by atomic mass is 9.81. The summed E-state index contributed by atoms with van der Waals surface area (Å²) in [5.41, 5.74) is -0.442. The summed E-state index contributed by atoms with van der Waals surface area (Å²) in [4.78, 5) is 12.1. The zero-order valence-corrected chi connectivity index (χ0v) is 12.9. The first-order valence-electron chi connectivity index (χ1n) is 7.01. The summed E-state index contributed by atoms with van der Waals surface area (Å²) in [6.07, 6.45) is 4.14. The van der Waals surface area contributed by atoms with E-state index in [1.807, 2.05) is 25.7 Å². The zero-order chi connectivity index (χ0) is 13.6. The Bertz CT molecular complexity index is 271. The first kappa shape index (κ1) is 15.8. The number of carbonyl (C=O) groups is 1. The summed E-state index contributed by atoms with van der Waals surface area (Å²) in [6.45, 7) is 6.82. The van der Waals surface area contributed by atoms with Crippen molar-refractivity contribution in [2.75, 3.05) is 19.4 Å². The van der Waals surface area contributed by atoms with Crippen molar-refractivity contribution in [1.29, 1.82) is 0 Å². The highest BCUT2D eigenvalue weighted by molar-refractivity contribution is 7.99. The average molecular weight is 273 g/mol. The van der Waals surface area contributed by atoms with Gasteiger partial charge in [0.2, 0.25) is 0 Å². The molecule has 106 valence electrons. The molecule has 1 aliphatic rings. The molecule has 2 atom stereocenters. The number of esters is 1. The number of likely N-dealkylation sites (N-methyl/N-ethyl adjacent to an activating group) is 1. The first-order chi connectivity index (χ1) is 8.54. The Morgan fingerprint density at radius 3 is 2.83 bits per heavy atom. The fourth-order valence-corrected chi connectivity index (χ4v) is 3.87. The van der Waals surface area contributed by atoms with E-state index in [1.54, 1.807) is 0 Å². The third kappa shape index (κ3) is 4.16. The molecule has 4 heteroatoms. The molecule has 1 aliphatic carbocycles. The van der Waals surface area contributed by atoms with Crippen molar-refractivity contribution >= 4 is 17.7 Å². The minimum atomic E-state index is -0.442. The van der Waals surface area contributed by atoms with Gasteiger partial charge in [0.15, 0.2) is 0 Å². The molecule has 0 heterocycles. The lowest BCUT2D eigenvalue weighted by Gasteiger charge is -2.38. The van der Waals surface area contributed by atoms with Gasteiger partial charge in [-0.25, -0.2) is 0 Å². The monoisotopic (exact) mass is 273 g/mol. The van der Waals surface area contributed by atoms with Gasteiger partial charge in [-0.15, -0.1) is 0 Å². The first-order valence-corrected chi connectivity index (χ1v) is 8.06. The lowest BCUT2D eigenvalue weighted by molar-refractivity contribution is -0.152. The summed E-state index contributed by atoms with van der Waals surface area (Å²) in [5.74, 6) is 1.82. The number of hydrogen-bond donors (Lipinski definition) is 1. The van der Waals surface area contributed by atoms with Crippen LogP contribution in [0.5, 0.6) is 0 Å². The van der Waals surface area contributed by atoms with E-state index in [1.165, 1.54) is 12.2 Å². The maximum Gasteiger partial charge on any atom is 0.326 e. The molecule has 0 aromatic heterocycles. The van der Waals surface area contributed by atoms with E-state index in [2.05, 4.69) is 19.2 Å². The smallest absolute Gasteiger partial charge is 0.326 e. The normalized spacial score (nSPS) is 28.4. The van der Waals surface area contributed by atoms with Gasteiger partial charge in [-0.2, -0.15) is 11.8 Å². The molecule has 0 aliphatic heterocycles. The molecule has 0 saturated heterocycles. The fraction of sp³-hybridized carbons (Fsp3) is 0.929. The van der Waals surface area contributed by atoms with Crippen molar-refractivity contribution in [3.8, 4) is 0 Å².